The predicted molar refractivity (Wildman–Crippen MR) is 119 cm³/mol. The van der Waals surface area contributed by atoms with Crippen molar-refractivity contribution in [2.45, 2.75) is 57.8 Å². The molecule has 0 N–H and O–H groups in total. The van der Waals surface area contributed by atoms with Crippen molar-refractivity contribution < 1.29 is 5.94 Å². The fourth-order valence-electron chi connectivity index (χ4n) is 6.07. The lowest BCUT2D eigenvalue weighted by atomic mass is 9.76. The average molecular weight is 382 g/mol. The maximum Gasteiger partial charge on any atom is 0.213 e. The molecule has 1 heterocycles. The van der Waals surface area contributed by atoms with Gasteiger partial charge in [-0.15, -0.1) is 0 Å². The molecule has 1 heteroatoms. The third-order valence-corrected chi connectivity index (χ3v) is 7.78. The third kappa shape index (κ3) is 2.70. The van der Waals surface area contributed by atoms with E-state index in [1.54, 1.807) is 11.1 Å². The zero-order chi connectivity index (χ0) is 20.5. The second-order valence-corrected chi connectivity index (χ2v) is 9.40. The molecule has 0 radical (unpaired) electrons. The number of fused-ring (bicyclic) bond motifs is 4. The van der Waals surface area contributed by atoms with Gasteiger partial charge in [-0.2, -0.15) is 0 Å². The van der Waals surface area contributed by atoms with E-state index in [2.05, 4.69) is 67.2 Å². The summed E-state index contributed by atoms with van der Waals surface area (Å²) < 4.78 is 11.6. The van der Waals surface area contributed by atoms with Gasteiger partial charge in [0.15, 0.2) is 6.20 Å². The first-order valence-corrected chi connectivity index (χ1v) is 11.3. The normalized spacial score (nSPS) is 24.9. The number of rotatable bonds is 0. The van der Waals surface area contributed by atoms with Crippen molar-refractivity contribution in [3.8, 4) is 22.4 Å². The monoisotopic (exact) mass is 381 g/mol. The van der Waals surface area contributed by atoms with Crippen molar-refractivity contribution in [2.75, 3.05) is 0 Å². The summed E-state index contributed by atoms with van der Waals surface area (Å²) in [6.07, 6.45) is 10.0. The summed E-state index contributed by atoms with van der Waals surface area (Å²) in [4.78, 5) is 0. The highest BCUT2D eigenvalue weighted by molar-refractivity contribution is 5.85. The molecule has 4 aliphatic rings. The van der Waals surface area contributed by atoms with Crippen LogP contribution in [0.5, 0.6) is 0 Å². The van der Waals surface area contributed by atoms with E-state index >= 15 is 0 Å². The summed E-state index contributed by atoms with van der Waals surface area (Å²) in [6.45, 7) is 2.25. The smallest absolute Gasteiger partial charge is 0.201 e. The first-order chi connectivity index (χ1) is 14.5. The molecule has 3 aromatic rings. The Morgan fingerprint density at radius 1 is 0.931 bits per heavy atom. The van der Waals surface area contributed by atoms with Gasteiger partial charge in [0.25, 0.3) is 0 Å². The van der Waals surface area contributed by atoms with E-state index in [4.69, 9.17) is 0 Å². The van der Waals surface area contributed by atoms with Crippen molar-refractivity contribution >= 4 is 0 Å². The average Bonchev–Trinajstić information content (AvgIpc) is 3.13. The van der Waals surface area contributed by atoms with Gasteiger partial charge in [-0.05, 0) is 103 Å². The van der Waals surface area contributed by atoms with Crippen LogP contribution in [-0.4, -0.2) is 0 Å². The molecule has 1 aromatic heterocycles. The Balaban J connectivity index is 1.64. The van der Waals surface area contributed by atoms with Crippen molar-refractivity contribution in [3.63, 3.8) is 0 Å². The van der Waals surface area contributed by atoms with Crippen LogP contribution in [0, 0.1) is 12.8 Å². The zero-order valence-electron chi connectivity index (χ0n) is 18.6. The van der Waals surface area contributed by atoms with Crippen LogP contribution in [0.25, 0.3) is 22.4 Å². The highest BCUT2D eigenvalue weighted by atomic mass is 14.9. The Morgan fingerprint density at radius 2 is 1.76 bits per heavy atom. The molecule has 0 unspecified atom stereocenters. The second-order valence-electron chi connectivity index (χ2n) is 9.40. The number of pyridine rings is 1. The lowest BCUT2D eigenvalue weighted by Crippen LogP contribution is -2.31. The summed E-state index contributed by atoms with van der Waals surface area (Å²) in [5.41, 5.74) is 12.6. The van der Waals surface area contributed by atoms with E-state index in [1.165, 1.54) is 64.8 Å². The van der Waals surface area contributed by atoms with Crippen molar-refractivity contribution in [1.82, 2.24) is 0 Å². The van der Waals surface area contributed by atoms with Crippen LogP contribution in [0.15, 0.2) is 48.7 Å². The Bertz CT molecular complexity index is 1170. The first kappa shape index (κ1) is 16.4. The zero-order valence-corrected chi connectivity index (χ0v) is 17.6. The van der Waals surface area contributed by atoms with Crippen LogP contribution in [0.2, 0.25) is 0 Å². The van der Waals surface area contributed by atoms with Gasteiger partial charge < -0.3 is 0 Å². The third-order valence-electron chi connectivity index (χ3n) is 7.78. The van der Waals surface area contributed by atoms with Crippen LogP contribution >= 0.6 is 0 Å². The van der Waals surface area contributed by atoms with Gasteiger partial charge in [0.2, 0.25) is 5.69 Å². The van der Waals surface area contributed by atoms with Gasteiger partial charge in [0, 0.05) is 13.5 Å². The molecule has 1 fully saturated rings. The van der Waals surface area contributed by atoms with Crippen LogP contribution in [0.4, 0.5) is 0 Å². The maximum atomic E-state index is 9.31. The largest absolute Gasteiger partial charge is 0.213 e. The molecule has 6 bridgehead atoms. The molecule has 1 saturated carbocycles. The molecule has 29 heavy (non-hydrogen) atoms. The number of hydrogen-bond donors (Lipinski definition) is 0. The molecule has 4 aliphatic carbocycles. The first-order valence-electron chi connectivity index (χ1n) is 11.8. The fraction of sp³-hybridized carbons (Fsp3) is 0.393. The molecule has 146 valence electrons. The summed E-state index contributed by atoms with van der Waals surface area (Å²) >= 11 is 0. The van der Waals surface area contributed by atoms with E-state index < -0.39 is 5.89 Å². The van der Waals surface area contributed by atoms with Crippen LogP contribution in [-0.2, 0) is 19.9 Å². The Kier molecular flexibility index (Phi) is 3.70. The Morgan fingerprint density at radius 3 is 2.62 bits per heavy atom. The number of nitrogens with zero attached hydrogens (tertiary/aromatic N) is 1. The Hall–Kier alpha value is -2.41. The molecule has 0 spiro atoms. The topological polar surface area (TPSA) is 3.88 Å². The van der Waals surface area contributed by atoms with Gasteiger partial charge >= 0.3 is 0 Å². The minimum absolute atomic E-state index is 0.432. The molecule has 1 nitrogen and oxygen atoms in total. The SMILES string of the molecule is [2H]C12CCC(CCc3cccc4c3Cc3c-4ccc(C)c3-c3cc1cc[n+]3C)CC2. The van der Waals surface area contributed by atoms with E-state index in [0.29, 0.717) is 0 Å². The highest BCUT2D eigenvalue weighted by Gasteiger charge is 2.30. The molecule has 7 rings (SSSR count). The lowest BCUT2D eigenvalue weighted by Gasteiger charge is -2.29. The van der Waals surface area contributed by atoms with E-state index in [9.17, 15) is 1.37 Å². The van der Waals surface area contributed by atoms with Crippen LogP contribution in [0.3, 0.4) is 0 Å². The number of aromatic nitrogens is 1. The van der Waals surface area contributed by atoms with Crippen molar-refractivity contribution in [2.24, 2.45) is 13.0 Å². The molecule has 0 aliphatic heterocycles. The number of aryl methyl sites for hydroxylation is 3. The minimum Gasteiger partial charge on any atom is -0.201 e. The standard InChI is InChI=1S/C28H30N/c1-18-6-13-24-23-5-3-4-21-12-9-19-7-10-20(11-8-19)22-14-15-29(2)27(16-22)28(18)26(24)17-25(21)23/h3-6,13-16,19-20H,7-12,17H2,1-2H3/q+1/i20D. The second kappa shape index (κ2) is 6.55. The van der Waals surface area contributed by atoms with Crippen LogP contribution in [0.1, 0.15) is 67.2 Å². The summed E-state index contributed by atoms with van der Waals surface area (Å²) in [6, 6.07) is 16.1. The predicted octanol–water partition coefficient (Wildman–Crippen LogP) is 6.28. The minimum atomic E-state index is -0.432. The van der Waals surface area contributed by atoms with Crippen LogP contribution < -0.4 is 4.57 Å². The van der Waals surface area contributed by atoms with E-state index in [-0.39, 0.29) is 0 Å². The van der Waals surface area contributed by atoms with Crippen molar-refractivity contribution in [1.29, 1.82) is 0 Å². The Labute approximate surface area is 175 Å². The molecule has 0 atom stereocenters. The lowest BCUT2D eigenvalue weighted by molar-refractivity contribution is -0.660. The molecule has 2 aromatic carbocycles. The number of hydrogen-bond acceptors (Lipinski definition) is 0. The highest BCUT2D eigenvalue weighted by Crippen LogP contribution is 2.45. The van der Waals surface area contributed by atoms with E-state index in [0.717, 1.165) is 25.2 Å². The van der Waals surface area contributed by atoms with Gasteiger partial charge in [-0.1, -0.05) is 30.3 Å². The van der Waals surface area contributed by atoms with Gasteiger partial charge in [0.1, 0.15) is 7.05 Å². The van der Waals surface area contributed by atoms with E-state index in [1.807, 2.05) is 0 Å². The molecule has 0 saturated heterocycles. The van der Waals surface area contributed by atoms with Gasteiger partial charge in [0.05, 0.1) is 5.56 Å². The fourth-order valence-corrected chi connectivity index (χ4v) is 6.07. The summed E-state index contributed by atoms with van der Waals surface area (Å²) in [5, 5.41) is 0. The summed E-state index contributed by atoms with van der Waals surface area (Å²) in [5.74, 6) is 0.335. The molecular weight excluding hydrogens is 350 g/mol. The van der Waals surface area contributed by atoms with Crippen molar-refractivity contribution in [3.05, 3.63) is 76.5 Å². The maximum absolute atomic E-state index is 9.31. The summed E-state index contributed by atoms with van der Waals surface area (Å²) in [7, 11) is 2.15. The van der Waals surface area contributed by atoms with Gasteiger partial charge in [-0.3, -0.25) is 0 Å². The number of benzene rings is 2. The molecule has 0 amide bonds. The molecular formula is C28H30N+. The van der Waals surface area contributed by atoms with Gasteiger partial charge in [-0.25, -0.2) is 4.57 Å². The quantitative estimate of drug-likeness (QED) is 0.316.